The Bertz CT molecular complexity index is 867. The zero-order valence-corrected chi connectivity index (χ0v) is 15.3. The molecule has 2 aliphatic heterocycles. The predicted octanol–water partition coefficient (Wildman–Crippen LogP) is 3.21. The monoisotopic (exact) mass is 387 g/mol. The van der Waals surface area contributed by atoms with Gasteiger partial charge in [0.05, 0.1) is 5.92 Å². The molecular weight excluding hydrogens is 370 g/mol. The van der Waals surface area contributed by atoms with Crippen molar-refractivity contribution in [3.63, 3.8) is 0 Å². The molecule has 6 nitrogen and oxygen atoms in total. The maximum atomic E-state index is 12.4. The van der Waals surface area contributed by atoms with Crippen molar-refractivity contribution in [2.45, 2.75) is 13.0 Å². The Kier molecular flexibility index (Phi) is 4.90. The number of rotatable bonds is 4. The highest BCUT2D eigenvalue weighted by Gasteiger charge is 2.36. The minimum Gasteiger partial charge on any atom is -0.486 e. The Morgan fingerprint density at radius 2 is 1.85 bits per heavy atom. The number of hydrogen-bond donors (Lipinski definition) is 0. The molecular formula is C20H18ClNO5. The molecule has 2 aromatic carbocycles. The number of carbonyl (C=O) groups is 2. The van der Waals surface area contributed by atoms with E-state index in [4.69, 9.17) is 25.8 Å². The van der Waals surface area contributed by atoms with Crippen LogP contribution >= 0.6 is 11.6 Å². The van der Waals surface area contributed by atoms with Gasteiger partial charge < -0.3 is 19.1 Å². The van der Waals surface area contributed by atoms with Gasteiger partial charge in [-0.25, -0.2) is 0 Å². The molecule has 0 aromatic heterocycles. The molecule has 140 valence electrons. The van der Waals surface area contributed by atoms with Gasteiger partial charge in [-0.2, -0.15) is 0 Å². The standard InChI is InChI=1S/C20H18ClNO5/c21-15-3-1-13(2-4-15)12-27-20(24)14-9-19(23)22(11-14)16-5-6-17-18(10-16)26-8-7-25-17/h1-6,10,14H,7-9,11-12H2/t14-/m1/s1. The molecule has 27 heavy (non-hydrogen) atoms. The lowest BCUT2D eigenvalue weighted by molar-refractivity contribution is -0.149. The predicted molar refractivity (Wildman–Crippen MR) is 99.1 cm³/mol. The number of amides is 1. The van der Waals surface area contributed by atoms with Crippen LogP contribution in [0.25, 0.3) is 0 Å². The number of anilines is 1. The van der Waals surface area contributed by atoms with Crippen molar-refractivity contribution in [1.82, 2.24) is 0 Å². The van der Waals surface area contributed by atoms with E-state index in [1.54, 1.807) is 47.4 Å². The van der Waals surface area contributed by atoms with Gasteiger partial charge in [0.2, 0.25) is 5.91 Å². The van der Waals surface area contributed by atoms with Crippen LogP contribution in [0.5, 0.6) is 11.5 Å². The molecule has 1 saturated heterocycles. The fourth-order valence-corrected chi connectivity index (χ4v) is 3.29. The van der Waals surface area contributed by atoms with Gasteiger partial charge in [0.1, 0.15) is 19.8 Å². The summed E-state index contributed by atoms with van der Waals surface area (Å²) >= 11 is 5.85. The number of ether oxygens (including phenoxy) is 3. The number of esters is 1. The van der Waals surface area contributed by atoms with Crippen LogP contribution < -0.4 is 14.4 Å². The number of carbonyl (C=O) groups excluding carboxylic acids is 2. The van der Waals surface area contributed by atoms with E-state index >= 15 is 0 Å². The highest BCUT2D eigenvalue weighted by molar-refractivity contribution is 6.30. The van der Waals surface area contributed by atoms with Crippen LogP contribution in [0.1, 0.15) is 12.0 Å². The summed E-state index contributed by atoms with van der Waals surface area (Å²) in [5.41, 5.74) is 1.54. The highest BCUT2D eigenvalue weighted by Crippen LogP contribution is 2.36. The van der Waals surface area contributed by atoms with Gasteiger partial charge in [0, 0.05) is 29.7 Å². The lowest BCUT2D eigenvalue weighted by Gasteiger charge is -2.22. The molecule has 0 N–H and O–H groups in total. The molecule has 0 saturated carbocycles. The number of benzene rings is 2. The Morgan fingerprint density at radius 1 is 1.11 bits per heavy atom. The molecule has 0 bridgehead atoms. The largest absolute Gasteiger partial charge is 0.486 e. The molecule has 2 aromatic rings. The molecule has 7 heteroatoms. The minimum atomic E-state index is -0.488. The van der Waals surface area contributed by atoms with Crippen LogP contribution in [0.15, 0.2) is 42.5 Å². The van der Waals surface area contributed by atoms with Gasteiger partial charge in [-0.1, -0.05) is 23.7 Å². The van der Waals surface area contributed by atoms with Crippen molar-refractivity contribution in [3.05, 3.63) is 53.1 Å². The fraction of sp³-hybridized carbons (Fsp3) is 0.300. The average molecular weight is 388 g/mol. The quantitative estimate of drug-likeness (QED) is 0.754. The van der Waals surface area contributed by atoms with Crippen LogP contribution in [0.3, 0.4) is 0 Å². The second kappa shape index (κ2) is 7.48. The summed E-state index contributed by atoms with van der Waals surface area (Å²) in [6.45, 7) is 1.43. The van der Waals surface area contributed by atoms with E-state index in [9.17, 15) is 9.59 Å². The first-order valence-corrected chi connectivity index (χ1v) is 9.09. The Hall–Kier alpha value is -2.73. The smallest absolute Gasteiger partial charge is 0.311 e. The summed E-state index contributed by atoms with van der Waals surface area (Å²) < 4.78 is 16.4. The van der Waals surface area contributed by atoms with Crippen molar-refractivity contribution >= 4 is 29.2 Å². The van der Waals surface area contributed by atoms with Gasteiger partial charge in [-0.3, -0.25) is 9.59 Å². The third-order valence-electron chi connectivity index (χ3n) is 4.59. The molecule has 2 aliphatic rings. The Morgan fingerprint density at radius 3 is 2.63 bits per heavy atom. The van der Waals surface area contributed by atoms with E-state index < -0.39 is 5.92 Å². The van der Waals surface area contributed by atoms with E-state index in [-0.39, 0.29) is 31.4 Å². The number of nitrogens with zero attached hydrogens (tertiary/aromatic N) is 1. The molecule has 0 radical (unpaired) electrons. The van der Waals surface area contributed by atoms with E-state index in [2.05, 4.69) is 0 Å². The maximum absolute atomic E-state index is 12.4. The third-order valence-corrected chi connectivity index (χ3v) is 4.84. The van der Waals surface area contributed by atoms with E-state index in [1.165, 1.54) is 0 Å². The molecule has 1 atom stereocenters. The molecule has 4 rings (SSSR count). The van der Waals surface area contributed by atoms with Crippen molar-refractivity contribution < 1.29 is 23.8 Å². The normalized spacial score (nSPS) is 18.5. The summed E-state index contributed by atoms with van der Waals surface area (Å²) in [7, 11) is 0. The second-order valence-electron chi connectivity index (χ2n) is 6.47. The zero-order chi connectivity index (χ0) is 18.8. The van der Waals surface area contributed by atoms with E-state index in [0.717, 1.165) is 5.56 Å². The van der Waals surface area contributed by atoms with Gasteiger partial charge in [0.25, 0.3) is 0 Å². The van der Waals surface area contributed by atoms with Crippen LogP contribution in [-0.4, -0.2) is 31.6 Å². The lowest BCUT2D eigenvalue weighted by atomic mass is 10.1. The summed E-state index contributed by atoms with van der Waals surface area (Å²) in [5, 5.41) is 0.626. The first-order chi connectivity index (χ1) is 13.1. The van der Waals surface area contributed by atoms with Crippen LogP contribution in [0.2, 0.25) is 5.02 Å². The summed E-state index contributed by atoms with van der Waals surface area (Å²) in [5.74, 6) is 0.298. The zero-order valence-electron chi connectivity index (χ0n) is 14.5. The van der Waals surface area contributed by atoms with Crippen LogP contribution in [0.4, 0.5) is 5.69 Å². The highest BCUT2D eigenvalue weighted by atomic mass is 35.5. The van der Waals surface area contributed by atoms with Gasteiger partial charge in [-0.15, -0.1) is 0 Å². The van der Waals surface area contributed by atoms with Crippen molar-refractivity contribution in [1.29, 1.82) is 0 Å². The first kappa shape index (κ1) is 17.7. The van der Waals surface area contributed by atoms with Gasteiger partial charge >= 0.3 is 5.97 Å². The van der Waals surface area contributed by atoms with E-state index in [0.29, 0.717) is 35.4 Å². The molecule has 1 amide bonds. The SMILES string of the molecule is O=C(OCc1ccc(Cl)cc1)[C@@H]1CC(=O)N(c2ccc3c(c2)OCCO3)C1. The topological polar surface area (TPSA) is 65.1 Å². The first-order valence-electron chi connectivity index (χ1n) is 8.71. The third kappa shape index (κ3) is 3.85. The molecule has 2 heterocycles. The van der Waals surface area contributed by atoms with Gasteiger partial charge in [-0.05, 0) is 29.8 Å². The van der Waals surface area contributed by atoms with Crippen LogP contribution in [0, 0.1) is 5.92 Å². The molecule has 0 unspecified atom stereocenters. The summed E-state index contributed by atoms with van der Waals surface area (Å²) in [4.78, 5) is 26.4. The second-order valence-corrected chi connectivity index (χ2v) is 6.90. The van der Waals surface area contributed by atoms with Crippen molar-refractivity contribution in [2.75, 3.05) is 24.7 Å². The summed E-state index contributed by atoms with van der Waals surface area (Å²) in [6, 6.07) is 12.4. The average Bonchev–Trinajstić information content (AvgIpc) is 3.09. The number of fused-ring (bicyclic) bond motifs is 1. The lowest BCUT2D eigenvalue weighted by Crippen LogP contribution is -2.26. The Labute approximate surface area is 161 Å². The van der Waals surface area contributed by atoms with E-state index in [1.807, 2.05) is 0 Å². The molecule has 1 fully saturated rings. The Balaban J connectivity index is 1.39. The number of halogens is 1. The summed E-state index contributed by atoms with van der Waals surface area (Å²) in [6.07, 6.45) is 0.133. The number of hydrogen-bond acceptors (Lipinski definition) is 5. The minimum absolute atomic E-state index is 0.111. The van der Waals surface area contributed by atoms with Gasteiger partial charge in [0.15, 0.2) is 11.5 Å². The molecule has 0 aliphatic carbocycles. The van der Waals surface area contributed by atoms with Crippen molar-refractivity contribution in [3.8, 4) is 11.5 Å². The van der Waals surface area contributed by atoms with Crippen LogP contribution in [-0.2, 0) is 20.9 Å². The fourth-order valence-electron chi connectivity index (χ4n) is 3.17. The van der Waals surface area contributed by atoms with Crippen molar-refractivity contribution in [2.24, 2.45) is 5.92 Å². The molecule has 0 spiro atoms. The maximum Gasteiger partial charge on any atom is 0.311 e.